The van der Waals surface area contributed by atoms with Crippen LogP contribution in [0.3, 0.4) is 0 Å². The predicted octanol–water partition coefficient (Wildman–Crippen LogP) is 7.92. The Kier molecular flexibility index (Phi) is 25.6. The molecule has 0 fully saturated rings. The number of hydrogen-bond donors (Lipinski definition) is 5. The van der Waals surface area contributed by atoms with Crippen LogP contribution in [0.1, 0.15) is 77.8 Å². The number of rotatable bonds is 22. The maximum Gasteiger partial charge on any atom is 0.0691 e. The van der Waals surface area contributed by atoms with Gasteiger partial charge in [0.25, 0.3) is 0 Å². The Morgan fingerprint density at radius 2 is 1.36 bits per heavy atom. The average molecular weight is 647 g/mol. The van der Waals surface area contributed by atoms with E-state index < -0.39 is 0 Å². The largest absolute Gasteiger partial charge is 0.382 e. The lowest BCUT2D eigenvalue weighted by Gasteiger charge is -2.33. The SMILES string of the molecule is C=C(CN)NC(Cc1ccccc1)C(=C)NCC(=C)NC(CCCNC)C(=C)N(CCC)CCCC.CC(C)C.Cc1ccccc1. The predicted molar refractivity (Wildman–Crippen MR) is 209 cm³/mol. The summed E-state index contributed by atoms with van der Waals surface area (Å²) in [5.41, 5.74) is 12.1. The fraction of sp³-hybridized carbons (Fsp3) is 0.512. The molecule has 0 radical (unpaired) electrons. The van der Waals surface area contributed by atoms with Gasteiger partial charge in [0.2, 0.25) is 0 Å². The molecule has 0 spiro atoms. The Morgan fingerprint density at radius 1 is 0.787 bits per heavy atom. The molecular formula is C41H70N6. The second-order valence-corrected chi connectivity index (χ2v) is 12.8. The molecule has 0 aliphatic rings. The maximum absolute atomic E-state index is 5.79. The van der Waals surface area contributed by atoms with Gasteiger partial charge in [-0.25, -0.2) is 0 Å². The number of nitrogens with zero attached hydrogens (tertiary/aromatic N) is 1. The minimum atomic E-state index is -0.0215. The van der Waals surface area contributed by atoms with Gasteiger partial charge in [0, 0.05) is 42.4 Å². The first-order valence-electron chi connectivity index (χ1n) is 17.6. The van der Waals surface area contributed by atoms with E-state index in [0.717, 1.165) is 74.0 Å². The number of nitrogens with one attached hydrogen (secondary N) is 4. The monoisotopic (exact) mass is 647 g/mol. The van der Waals surface area contributed by atoms with Crippen LogP contribution in [-0.2, 0) is 6.42 Å². The molecule has 2 atom stereocenters. The van der Waals surface area contributed by atoms with Gasteiger partial charge >= 0.3 is 0 Å². The molecule has 47 heavy (non-hydrogen) atoms. The van der Waals surface area contributed by atoms with E-state index in [2.05, 4.69) is 130 Å². The molecule has 6 heteroatoms. The van der Waals surface area contributed by atoms with Gasteiger partial charge in [-0.3, -0.25) is 0 Å². The van der Waals surface area contributed by atoms with E-state index in [4.69, 9.17) is 5.73 Å². The van der Waals surface area contributed by atoms with E-state index in [1.165, 1.54) is 24.0 Å². The van der Waals surface area contributed by atoms with Crippen LogP contribution >= 0.6 is 0 Å². The average Bonchev–Trinajstić information content (AvgIpc) is 3.05. The van der Waals surface area contributed by atoms with Crippen molar-refractivity contribution in [2.45, 2.75) is 92.2 Å². The first-order valence-corrected chi connectivity index (χ1v) is 17.6. The van der Waals surface area contributed by atoms with Crippen LogP contribution in [0.4, 0.5) is 0 Å². The van der Waals surface area contributed by atoms with Crippen LogP contribution in [0.15, 0.2) is 110 Å². The molecule has 0 bridgehead atoms. The summed E-state index contributed by atoms with van der Waals surface area (Å²) in [6.07, 6.45) is 6.32. The standard InChI is InChI=1S/C30H52N6.C7H8.C4H10/c1-8-10-20-36(19-9-2)27(6)29(17-14-18-32-7)35-25(4)23-33-26(5)30(34-24(3)22-31)21-28-15-12-11-13-16-28;1-7-5-3-2-4-6-7;1-4(2)3/h11-13,15-16,29-30,32-35H,3-6,8-10,14,17-23,31H2,1-2,7H3;2-6H,1H3;4H,1-3H3. The van der Waals surface area contributed by atoms with E-state index in [9.17, 15) is 0 Å². The molecule has 0 aromatic heterocycles. The van der Waals surface area contributed by atoms with Crippen molar-refractivity contribution in [1.29, 1.82) is 0 Å². The minimum absolute atomic E-state index is 0.0215. The molecule has 2 unspecified atom stereocenters. The Balaban J connectivity index is 0.00000162. The highest BCUT2D eigenvalue weighted by Crippen LogP contribution is 2.16. The highest BCUT2D eigenvalue weighted by Gasteiger charge is 2.19. The third-order valence-corrected chi connectivity index (χ3v) is 7.18. The van der Waals surface area contributed by atoms with Gasteiger partial charge in [0.1, 0.15) is 0 Å². The summed E-state index contributed by atoms with van der Waals surface area (Å²) in [5.74, 6) is 0.833. The maximum atomic E-state index is 5.79. The molecule has 6 nitrogen and oxygen atoms in total. The van der Waals surface area contributed by atoms with E-state index in [-0.39, 0.29) is 12.1 Å². The lowest BCUT2D eigenvalue weighted by molar-refractivity contribution is 0.302. The topological polar surface area (TPSA) is 77.4 Å². The van der Waals surface area contributed by atoms with Crippen molar-refractivity contribution in [3.63, 3.8) is 0 Å². The lowest BCUT2D eigenvalue weighted by atomic mass is 10.0. The molecule has 264 valence electrons. The number of aryl methyl sites for hydroxylation is 1. The zero-order valence-corrected chi connectivity index (χ0v) is 31.1. The van der Waals surface area contributed by atoms with Crippen molar-refractivity contribution in [2.75, 3.05) is 39.8 Å². The zero-order chi connectivity index (χ0) is 35.5. The third kappa shape index (κ3) is 22.6. The first kappa shape index (κ1) is 43.5. The van der Waals surface area contributed by atoms with E-state index in [1.807, 2.05) is 31.3 Å². The highest BCUT2D eigenvalue weighted by atomic mass is 15.2. The van der Waals surface area contributed by atoms with Crippen LogP contribution in [0, 0.1) is 12.8 Å². The molecule has 2 aromatic carbocycles. The summed E-state index contributed by atoms with van der Waals surface area (Å²) in [4.78, 5) is 2.44. The molecule has 6 N–H and O–H groups in total. The van der Waals surface area contributed by atoms with E-state index in [1.54, 1.807) is 0 Å². The third-order valence-electron chi connectivity index (χ3n) is 7.18. The fourth-order valence-corrected chi connectivity index (χ4v) is 4.64. The molecule has 2 aromatic rings. The number of benzene rings is 2. The van der Waals surface area contributed by atoms with Crippen molar-refractivity contribution in [1.82, 2.24) is 26.2 Å². The Bertz CT molecular complexity index is 1090. The zero-order valence-electron chi connectivity index (χ0n) is 31.1. The van der Waals surface area contributed by atoms with Gasteiger partial charge < -0.3 is 31.9 Å². The van der Waals surface area contributed by atoms with Crippen molar-refractivity contribution < 1.29 is 0 Å². The summed E-state index contributed by atoms with van der Waals surface area (Å²) in [6.45, 7) is 34.2. The van der Waals surface area contributed by atoms with Crippen LogP contribution in [-0.4, -0.2) is 56.8 Å². The van der Waals surface area contributed by atoms with Crippen LogP contribution in [0.5, 0.6) is 0 Å². The van der Waals surface area contributed by atoms with Gasteiger partial charge in [0.15, 0.2) is 0 Å². The van der Waals surface area contributed by atoms with Crippen molar-refractivity contribution in [2.24, 2.45) is 11.7 Å². The van der Waals surface area contributed by atoms with Crippen LogP contribution < -0.4 is 27.0 Å². The molecule has 0 saturated heterocycles. The van der Waals surface area contributed by atoms with Crippen molar-refractivity contribution in [3.8, 4) is 0 Å². The Hall–Kier alpha value is -3.48. The van der Waals surface area contributed by atoms with Crippen LogP contribution in [0.2, 0.25) is 0 Å². The normalized spacial score (nSPS) is 11.5. The van der Waals surface area contributed by atoms with Gasteiger partial charge in [-0.15, -0.1) is 0 Å². The smallest absolute Gasteiger partial charge is 0.0691 e. The second-order valence-electron chi connectivity index (χ2n) is 12.8. The summed E-state index contributed by atoms with van der Waals surface area (Å²) in [6, 6.07) is 20.8. The fourth-order valence-electron chi connectivity index (χ4n) is 4.64. The molecule has 2 rings (SSSR count). The van der Waals surface area contributed by atoms with Gasteiger partial charge in [0.05, 0.1) is 18.6 Å². The quantitative estimate of drug-likeness (QED) is 0.0837. The molecular weight excluding hydrogens is 576 g/mol. The first-order chi connectivity index (χ1) is 22.5. The van der Waals surface area contributed by atoms with Gasteiger partial charge in [-0.1, -0.05) is 134 Å². The Morgan fingerprint density at radius 3 is 1.85 bits per heavy atom. The molecule has 0 amide bonds. The highest BCUT2D eigenvalue weighted by molar-refractivity contribution is 5.21. The summed E-state index contributed by atoms with van der Waals surface area (Å²) in [5, 5.41) is 13.8. The number of hydrogen-bond acceptors (Lipinski definition) is 6. The lowest BCUT2D eigenvalue weighted by Crippen LogP contribution is -2.42. The molecule has 0 aliphatic carbocycles. The van der Waals surface area contributed by atoms with Crippen LogP contribution in [0.25, 0.3) is 0 Å². The summed E-state index contributed by atoms with van der Waals surface area (Å²) < 4.78 is 0. The molecule has 0 aliphatic heterocycles. The van der Waals surface area contributed by atoms with Crippen molar-refractivity contribution >= 4 is 0 Å². The number of unbranched alkanes of at least 4 members (excludes halogenated alkanes) is 1. The Labute approximate surface area is 290 Å². The molecule has 0 heterocycles. The van der Waals surface area contributed by atoms with Gasteiger partial charge in [-0.05, 0) is 64.1 Å². The second kappa shape index (κ2) is 27.6. The van der Waals surface area contributed by atoms with Crippen molar-refractivity contribution in [3.05, 3.63) is 121 Å². The van der Waals surface area contributed by atoms with E-state index in [0.29, 0.717) is 13.1 Å². The summed E-state index contributed by atoms with van der Waals surface area (Å²) in [7, 11) is 2.00. The minimum Gasteiger partial charge on any atom is -0.382 e. The van der Waals surface area contributed by atoms with Gasteiger partial charge in [-0.2, -0.15) is 0 Å². The van der Waals surface area contributed by atoms with E-state index >= 15 is 0 Å². The molecule has 0 saturated carbocycles. The summed E-state index contributed by atoms with van der Waals surface area (Å²) >= 11 is 0. The number of nitrogens with two attached hydrogens (primary N) is 1.